The maximum atomic E-state index is 10.9. The third kappa shape index (κ3) is 1.73. The van der Waals surface area contributed by atoms with Crippen LogP contribution in [0.2, 0.25) is 0 Å². The highest BCUT2D eigenvalue weighted by Crippen LogP contribution is 2.28. The highest BCUT2D eigenvalue weighted by atomic mass is 79.9. The van der Waals surface area contributed by atoms with E-state index in [4.69, 9.17) is 0 Å². The van der Waals surface area contributed by atoms with Gasteiger partial charge in [-0.2, -0.15) is 5.10 Å². The van der Waals surface area contributed by atoms with Crippen molar-refractivity contribution in [3.05, 3.63) is 46.7 Å². The van der Waals surface area contributed by atoms with Gasteiger partial charge in [-0.25, -0.2) is 0 Å². The molecule has 3 aromatic rings. The summed E-state index contributed by atoms with van der Waals surface area (Å²) in [6.07, 6.45) is 4.17. The maximum absolute atomic E-state index is 10.9. The molecule has 88 valence electrons. The van der Waals surface area contributed by atoms with Crippen molar-refractivity contribution >= 4 is 33.1 Å². The summed E-state index contributed by atoms with van der Waals surface area (Å²) in [7, 11) is 0. The summed E-state index contributed by atoms with van der Waals surface area (Å²) < 4.78 is 0.875. The fourth-order valence-corrected chi connectivity index (χ4v) is 2.33. The minimum atomic E-state index is 0.645. The van der Waals surface area contributed by atoms with E-state index in [1.807, 2.05) is 24.3 Å². The third-order valence-electron chi connectivity index (χ3n) is 2.79. The van der Waals surface area contributed by atoms with Crippen molar-refractivity contribution in [1.82, 2.24) is 15.2 Å². The van der Waals surface area contributed by atoms with Crippen LogP contribution >= 0.6 is 15.9 Å². The minimum absolute atomic E-state index is 0.645. The average Bonchev–Trinajstić information content (AvgIpc) is 2.81. The highest BCUT2D eigenvalue weighted by molar-refractivity contribution is 9.10. The number of aldehydes is 1. The first-order valence-electron chi connectivity index (χ1n) is 5.33. The van der Waals surface area contributed by atoms with Crippen LogP contribution in [0, 0.1) is 0 Å². The van der Waals surface area contributed by atoms with Gasteiger partial charge in [0.25, 0.3) is 0 Å². The number of aromatic amines is 1. The first-order chi connectivity index (χ1) is 8.79. The van der Waals surface area contributed by atoms with Crippen LogP contribution in [-0.4, -0.2) is 21.5 Å². The lowest BCUT2D eigenvalue weighted by Gasteiger charge is -2.02. The largest absolute Gasteiger partial charge is 0.360 e. The van der Waals surface area contributed by atoms with Gasteiger partial charge in [0, 0.05) is 32.7 Å². The van der Waals surface area contributed by atoms with Crippen LogP contribution in [0.3, 0.4) is 0 Å². The molecular weight excluding hydrogens is 294 g/mol. The molecule has 2 aromatic heterocycles. The Kier molecular flexibility index (Phi) is 2.68. The van der Waals surface area contributed by atoms with Gasteiger partial charge in [0.1, 0.15) is 5.69 Å². The highest BCUT2D eigenvalue weighted by Gasteiger charge is 2.08. The van der Waals surface area contributed by atoms with E-state index >= 15 is 0 Å². The SMILES string of the molecule is O=Cc1c[nH]c2ccc(-c3nnccc3Br)cc12. The molecule has 0 aliphatic carbocycles. The van der Waals surface area contributed by atoms with E-state index in [1.165, 1.54) is 0 Å². The number of halogens is 1. The second kappa shape index (κ2) is 4.34. The lowest BCUT2D eigenvalue weighted by molar-refractivity contribution is 0.112. The van der Waals surface area contributed by atoms with Gasteiger partial charge in [-0.1, -0.05) is 6.07 Å². The van der Waals surface area contributed by atoms with Crippen LogP contribution in [-0.2, 0) is 0 Å². The van der Waals surface area contributed by atoms with Crippen molar-refractivity contribution in [2.75, 3.05) is 0 Å². The van der Waals surface area contributed by atoms with Crippen molar-refractivity contribution in [3.63, 3.8) is 0 Å². The van der Waals surface area contributed by atoms with Crippen LogP contribution in [0.15, 0.2) is 41.1 Å². The average molecular weight is 302 g/mol. The first kappa shape index (κ1) is 11.1. The second-order valence-electron chi connectivity index (χ2n) is 3.85. The summed E-state index contributed by atoms with van der Waals surface area (Å²) in [6.45, 7) is 0. The Morgan fingerprint density at radius 1 is 1.28 bits per heavy atom. The third-order valence-corrected chi connectivity index (χ3v) is 3.43. The van der Waals surface area contributed by atoms with Crippen molar-refractivity contribution in [2.45, 2.75) is 0 Å². The monoisotopic (exact) mass is 301 g/mol. The lowest BCUT2D eigenvalue weighted by atomic mass is 10.1. The Labute approximate surface area is 111 Å². The summed E-state index contributed by atoms with van der Waals surface area (Å²) in [5, 5.41) is 8.86. The predicted octanol–water partition coefficient (Wildman–Crippen LogP) is 3.20. The van der Waals surface area contributed by atoms with E-state index in [0.29, 0.717) is 5.56 Å². The molecule has 2 heterocycles. The Hall–Kier alpha value is -2.01. The topological polar surface area (TPSA) is 58.6 Å². The van der Waals surface area contributed by atoms with Crippen molar-refractivity contribution < 1.29 is 4.79 Å². The number of benzene rings is 1. The molecule has 4 nitrogen and oxygen atoms in total. The van der Waals surface area contributed by atoms with E-state index in [9.17, 15) is 4.79 Å². The summed E-state index contributed by atoms with van der Waals surface area (Å²) in [4.78, 5) is 14.0. The van der Waals surface area contributed by atoms with Crippen molar-refractivity contribution in [2.24, 2.45) is 0 Å². The zero-order chi connectivity index (χ0) is 12.5. The standard InChI is InChI=1S/C13H8BrN3O/c14-11-3-4-16-17-13(11)8-1-2-12-10(5-8)9(7-18)6-15-12/h1-7,15H. The Morgan fingerprint density at radius 3 is 2.94 bits per heavy atom. The smallest absolute Gasteiger partial charge is 0.152 e. The van der Waals surface area contributed by atoms with E-state index in [0.717, 1.165) is 32.9 Å². The molecule has 0 unspecified atom stereocenters. The Bertz CT molecular complexity index is 736. The van der Waals surface area contributed by atoms with Gasteiger partial charge < -0.3 is 4.98 Å². The number of hydrogen-bond acceptors (Lipinski definition) is 3. The molecule has 3 rings (SSSR count). The molecule has 0 amide bonds. The van der Waals surface area contributed by atoms with Gasteiger partial charge in [0.05, 0.1) is 6.20 Å². The number of hydrogen-bond donors (Lipinski definition) is 1. The zero-order valence-corrected chi connectivity index (χ0v) is 10.8. The van der Waals surface area contributed by atoms with Crippen LogP contribution < -0.4 is 0 Å². The quantitative estimate of drug-likeness (QED) is 0.740. The van der Waals surface area contributed by atoms with Crippen LogP contribution in [0.1, 0.15) is 10.4 Å². The Morgan fingerprint density at radius 2 is 2.17 bits per heavy atom. The van der Waals surface area contributed by atoms with Gasteiger partial charge in [-0.05, 0) is 34.1 Å². The predicted molar refractivity (Wildman–Crippen MR) is 72.4 cm³/mol. The lowest BCUT2D eigenvalue weighted by Crippen LogP contribution is -1.88. The molecule has 18 heavy (non-hydrogen) atoms. The van der Waals surface area contributed by atoms with Crippen molar-refractivity contribution in [3.8, 4) is 11.3 Å². The first-order valence-corrected chi connectivity index (χ1v) is 6.13. The fraction of sp³-hybridized carbons (Fsp3) is 0. The summed E-state index contributed by atoms with van der Waals surface area (Å²) in [6, 6.07) is 7.65. The molecule has 1 aromatic carbocycles. The van der Waals surface area contributed by atoms with E-state index in [-0.39, 0.29) is 0 Å². The van der Waals surface area contributed by atoms with Crippen molar-refractivity contribution in [1.29, 1.82) is 0 Å². The zero-order valence-electron chi connectivity index (χ0n) is 9.22. The van der Waals surface area contributed by atoms with Gasteiger partial charge in [-0.15, -0.1) is 5.10 Å². The van der Waals surface area contributed by atoms with Gasteiger partial charge >= 0.3 is 0 Å². The molecular formula is C13H8BrN3O. The summed E-state index contributed by atoms with van der Waals surface area (Å²) >= 11 is 3.44. The van der Waals surface area contributed by atoms with Crippen LogP contribution in [0.25, 0.3) is 22.2 Å². The number of H-pyrrole nitrogens is 1. The molecule has 0 radical (unpaired) electrons. The van der Waals surface area contributed by atoms with Gasteiger partial charge in [-0.3, -0.25) is 4.79 Å². The molecule has 0 spiro atoms. The normalized spacial score (nSPS) is 10.7. The molecule has 0 saturated heterocycles. The molecule has 0 aliphatic heterocycles. The van der Waals surface area contributed by atoms with E-state index in [1.54, 1.807) is 12.4 Å². The number of aromatic nitrogens is 3. The van der Waals surface area contributed by atoms with Gasteiger partial charge in [0.2, 0.25) is 0 Å². The Balaban J connectivity index is 2.24. The van der Waals surface area contributed by atoms with Crippen LogP contribution in [0.4, 0.5) is 0 Å². The molecule has 0 atom stereocenters. The molecule has 0 saturated carbocycles. The van der Waals surface area contributed by atoms with Crippen LogP contribution in [0.5, 0.6) is 0 Å². The minimum Gasteiger partial charge on any atom is -0.360 e. The number of carbonyl (C=O) groups is 1. The molecule has 0 fully saturated rings. The molecule has 5 heteroatoms. The molecule has 0 aliphatic rings. The number of carbonyl (C=O) groups excluding carboxylic acids is 1. The molecule has 0 bridgehead atoms. The van der Waals surface area contributed by atoms with E-state index < -0.39 is 0 Å². The number of nitrogens with one attached hydrogen (secondary N) is 1. The fourth-order valence-electron chi connectivity index (χ4n) is 1.90. The molecule has 1 N–H and O–H groups in total. The second-order valence-corrected chi connectivity index (χ2v) is 4.70. The number of rotatable bonds is 2. The summed E-state index contributed by atoms with van der Waals surface area (Å²) in [5.41, 5.74) is 3.26. The number of nitrogens with zero attached hydrogens (tertiary/aromatic N) is 2. The number of fused-ring (bicyclic) bond motifs is 1. The maximum Gasteiger partial charge on any atom is 0.152 e. The summed E-state index contributed by atoms with van der Waals surface area (Å²) in [5.74, 6) is 0. The van der Waals surface area contributed by atoms with E-state index in [2.05, 4.69) is 31.1 Å². The van der Waals surface area contributed by atoms with Gasteiger partial charge in [0.15, 0.2) is 6.29 Å².